The summed E-state index contributed by atoms with van der Waals surface area (Å²) in [4.78, 5) is 6.19. The Labute approximate surface area is 271 Å². The monoisotopic (exact) mass is 684 g/mol. The summed E-state index contributed by atoms with van der Waals surface area (Å²) in [5.74, 6) is 3.04. The maximum atomic E-state index is 9.95. The molecule has 0 amide bonds. The predicted octanol–water partition coefficient (Wildman–Crippen LogP) is 5.65. The van der Waals surface area contributed by atoms with E-state index in [-0.39, 0.29) is 39.6 Å². The van der Waals surface area contributed by atoms with E-state index in [0.29, 0.717) is 34.5 Å². The summed E-state index contributed by atoms with van der Waals surface area (Å²) >= 11 is 9.55. The second-order valence-corrected chi connectivity index (χ2v) is 15.5. The van der Waals surface area contributed by atoms with Gasteiger partial charge in [-0.15, -0.1) is 70.6 Å². The Bertz CT molecular complexity index is 1460. The first-order valence-corrected chi connectivity index (χ1v) is 19.5. The van der Waals surface area contributed by atoms with Gasteiger partial charge in [0.05, 0.1) is 39.6 Å². The number of benzene rings is 4. The minimum absolute atomic E-state index is 0.00559. The number of hydrogen-bond donors (Lipinski definition) is 6. The Hall–Kier alpha value is -0.480. The second-order valence-electron chi connectivity index (χ2n) is 8.86. The summed E-state index contributed by atoms with van der Waals surface area (Å²) in [6.07, 6.45) is 0. The van der Waals surface area contributed by atoms with E-state index in [1.54, 1.807) is 70.6 Å². The van der Waals surface area contributed by atoms with Gasteiger partial charge in [-0.05, 0) is 22.2 Å². The number of aliphatic hydroxyl groups is 6. The van der Waals surface area contributed by atoms with E-state index in [1.165, 1.54) is 0 Å². The smallest absolute Gasteiger partial charge is 0.0525 e. The molecule has 42 heavy (non-hydrogen) atoms. The largest absolute Gasteiger partial charge is 0.396 e. The van der Waals surface area contributed by atoms with Crippen molar-refractivity contribution in [1.29, 1.82) is 0 Å². The van der Waals surface area contributed by atoms with E-state index in [2.05, 4.69) is 24.3 Å². The van der Waals surface area contributed by atoms with Crippen LogP contribution in [0.1, 0.15) is 0 Å². The van der Waals surface area contributed by atoms with Gasteiger partial charge in [-0.1, -0.05) is 30.3 Å². The highest BCUT2D eigenvalue weighted by atomic mass is 32.2. The number of thioether (sulfide) groups is 6. The van der Waals surface area contributed by atoms with Crippen molar-refractivity contribution in [2.45, 2.75) is 29.4 Å². The van der Waals surface area contributed by atoms with Gasteiger partial charge in [0.1, 0.15) is 0 Å². The van der Waals surface area contributed by atoms with Crippen LogP contribution >= 0.6 is 70.6 Å². The molecule has 4 aromatic carbocycles. The van der Waals surface area contributed by atoms with Gasteiger partial charge in [0.2, 0.25) is 0 Å². The first kappa shape index (κ1) is 34.4. The number of aliphatic hydroxyl groups excluding tert-OH is 6. The molecule has 6 N–H and O–H groups in total. The molecule has 0 saturated heterocycles. The average molecular weight is 685 g/mol. The van der Waals surface area contributed by atoms with Crippen LogP contribution in [-0.2, 0) is 0 Å². The van der Waals surface area contributed by atoms with E-state index in [1.807, 2.05) is 12.1 Å². The van der Waals surface area contributed by atoms with Crippen molar-refractivity contribution >= 4 is 103 Å². The SMILES string of the molecule is OCCSc1ccc2c3ccccc3c3c(SCCO)c(SCCO)c(SCCO)c(SCCO)c3c2c1SCCO. The molecular formula is C30H36O6S6. The van der Waals surface area contributed by atoms with Crippen LogP contribution in [0.3, 0.4) is 0 Å². The molecule has 0 saturated carbocycles. The lowest BCUT2D eigenvalue weighted by Gasteiger charge is -2.25. The van der Waals surface area contributed by atoms with Crippen LogP contribution in [0, 0.1) is 0 Å². The van der Waals surface area contributed by atoms with Crippen LogP contribution in [0.5, 0.6) is 0 Å². The zero-order valence-electron chi connectivity index (χ0n) is 23.1. The van der Waals surface area contributed by atoms with Crippen LogP contribution in [-0.4, -0.2) is 105 Å². The molecule has 0 aliphatic heterocycles. The van der Waals surface area contributed by atoms with Crippen molar-refractivity contribution in [3.63, 3.8) is 0 Å². The third kappa shape index (κ3) is 7.66. The van der Waals surface area contributed by atoms with Gasteiger partial charge < -0.3 is 30.6 Å². The fraction of sp³-hybridized carbons (Fsp3) is 0.400. The molecule has 0 heterocycles. The summed E-state index contributed by atoms with van der Waals surface area (Å²) in [6, 6.07) is 12.6. The van der Waals surface area contributed by atoms with Gasteiger partial charge in [0.25, 0.3) is 0 Å². The quantitative estimate of drug-likeness (QED) is 0.0574. The van der Waals surface area contributed by atoms with Crippen LogP contribution in [0.25, 0.3) is 32.3 Å². The highest BCUT2D eigenvalue weighted by Gasteiger charge is 2.26. The van der Waals surface area contributed by atoms with E-state index in [0.717, 1.165) is 61.7 Å². The molecule has 4 aromatic rings. The van der Waals surface area contributed by atoms with Crippen LogP contribution in [0.15, 0.2) is 65.8 Å². The Morgan fingerprint density at radius 1 is 0.357 bits per heavy atom. The molecule has 0 unspecified atom stereocenters. The molecule has 0 aromatic heterocycles. The van der Waals surface area contributed by atoms with Crippen molar-refractivity contribution in [2.24, 2.45) is 0 Å². The second kappa shape index (κ2) is 17.9. The highest BCUT2D eigenvalue weighted by Crippen LogP contribution is 2.55. The Morgan fingerprint density at radius 3 is 1.26 bits per heavy atom. The molecular weight excluding hydrogens is 649 g/mol. The van der Waals surface area contributed by atoms with E-state index in [9.17, 15) is 30.6 Å². The van der Waals surface area contributed by atoms with Gasteiger partial charge in [0, 0.05) is 80.0 Å². The first-order chi connectivity index (χ1) is 20.7. The fourth-order valence-corrected chi connectivity index (χ4v) is 11.2. The molecule has 0 spiro atoms. The lowest BCUT2D eigenvalue weighted by molar-refractivity contribution is 0.322. The minimum atomic E-state index is 0.00559. The number of fused-ring (bicyclic) bond motifs is 6. The van der Waals surface area contributed by atoms with Crippen molar-refractivity contribution in [1.82, 2.24) is 0 Å². The zero-order valence-corrected chi connectivity index (χ0v) is 28.0. The van der Waals surface area contributed by atoms with E-state index < -0.39 is 0 Å². The molecule has 12 heteroatoms. The van der Waals surface area contributed by atoms with Crippen LogP contribution < -0.4 is 0 Å². The Balaban J connectivity index is 2.32. The first-order valence-electron chi connectivity index (χ1n) is 13.6. The van der Waals surface area contributed by atoms with Gasteiger partial charge in [-0.3, -0.25) is 0 Å². The molecule has 0 bridgehead atoms. The molecule has 0 fully saturated rings. The van der Waals surface area contributed by atoms with Crippen molar-refractivity contribution < 1.29 is 30.6 Å². The maximum Gasteiger partial charge on any atom is 0.0525 e. The Kier molecular flexibility index (Phi) is 14.6. The number of hydrogen-bond acceptors (Lipinski definition) is 12. The summed E-state index contributed by atoms with van der Waals surface area (Å²) in [7, 11) is 0. The van der Waals surface area contributed by atoms with Gasteiger partial charge >= 0.3 is 0 Å². The van der Waals surface area contributed by atoms with Crippen molar-refractivity contribution in [3.8, 4) is 0 Å². The highest BCUT2D eigenvalue weighted by molar-refractivity contribution is 8.05. The molecule has 0 radical (unpaired) electrons. The Morgan fingerprint density at radius 2 is 0.738 bits per heavy atom. The summed E-state index contributed by atoms with van der Waals surface area (Å²) < 4.78 is 0. The van der Waals surface area contributed by atoms with Crippen molar-refractivity contribution in [3.05, 3.63) is 36.4 Å². The third-order valence-electron chi connectivity index (χ3n) is 6.22. The van der Waals surface area contributed by atoms with E-state index in [4.69, 9.17) is 0 Å². The van der Waals surface area contributed by atoms with Gasteiger partial charge in [-0.25, -0.2) is 0 Å². The zero-order chi connectivity index (χ0) is 29.9. The average Bonchev–Trinajstić information content (AvgIpc) is 3.02. The van der Waals surface area contributed by atoms with Crippen LogP contribution in [0.4, 0.5) is 0 Å². The lowest BCUT2D eigenvalue weighted by atomic mass is 9.94. The number of rotatable bonds is 18. The normalized spacial score (nSPS) is 11.9. The summed E-state index contributed by atoms with van der Waals surface area (Å²) in [6.45, 7) is 0.126. The molecule has 0 aliphatic rings. The predicted molar refractivity (Wildman–Crippen MR) is 186 cm³/mol. The molecule has 0 atom stereocenters. The van der Waals surface area contributed by atoms with Gasteiger partial charge in [-0.2, -0.15) is 0 Å². The topological polar surface area (TPSA) is 121 Å². The minimum Gasteiger partial charge on any atom is -0.396 e. The molecule has 6 nitrogen and oxygen atoms in total. The summed E-state index contributed by atoms with van der Waals surface area (Å²) in [5, 5.41) is 65.5. The van der Waals surface area contributed by atoms with Gasteiger partial charge in [0.15, 0.2) is 0 Å². The third-order valence-corrected chi connectivity index (χ3v) is 13.2. The standard InChI is InChI=1S/C30H36O6S6/c31-7-13-37-22-6-5-21-19-3-1-2-4-20(19)24-25(23(21)26(22)38-14-8-32)28(40-16-10-34)30(42-18-12-36)29(41-17-11-35)27(24)39-15-9-33/h1-6,31-36H,7-18H2. The molecule has 228 valence electrons. The molecule has 4 rings (SSSR count). The lowest BCUT2D eigenvalue weighted by Crippen LogP contribution is -2.01. The fourth-order valence-electron chi connectivity index (χ4n) is 4.82. The van der Waals surface area contributed by atoms with Crippen LogP contribution in [0.2, 0.25) is 0 Å². The molecule has 0 aliphatic carbocycles. The van der Waals surface area contributed by atoms with E-state index >= 15 is 0 Å². The maximum absolute atomic E-state index is 9.95. The summed E-state index contributed by atoms with van der Waals surface area (Å²) in [5.41, 5.74) is 0. The van der Waals surface area contributed by atoms with Crippen molar-refractivity contribution in [2.75, 3.05) is 74.2 Å².